The average molecular weight is 225 g/mol. The highest BCUT2D eigenvalue weighted by molar-refractivity contribution is 4.80. The maximum absolute atomic E-state index is 3.60. The normalized spacial score (nSPS) is 19.5. The first-order valence-electron chi connectivity index (χ1n) is 7.49. The minimum atomic E-state index is 0.781. The molecule has 1 nitrogen and oxygen atoms in total. The van der Waals surface area contributed by atoms with Crippen LogP contribution in [0.15, 0.2) is 0 Å². The second kappa shape index (κ2) is 8.11. The van der Waals surface area contributed by atoms with Gasteiger partial charge in [0.25, 0.3) is 0 Å². The lowest BCUT2D eigenvalue weighted by atomic mass is 9.84. The molecule has 16 heavy (non-hydrogen) atoms. The lowest BCUT2D eigenvalue weighted by Crippen LogP contribution is -2.35. The lowest BCUT2D eigenvalue weighted by Gasteiger charge is -2.28. The monoisotopic (exact) mass is 225 g/mol. The Bertz CT molecular complexity index is 155. The molecule has 1 atom stereocenters. The van der Waals surface area contributed by atoms with Crippen LogP contribution in [0.4, 0.5) is 0 Å². The van der Waals surface area contributed by atoms with Gasteiger partial charge in [0.05, 0.1) is 0 Å². The van der Waals surface area contributed by atoms with Gasteiger partial charge in [0, 0.05) is 6.04 Å². The molecule has 1 saturated carbocycles. The van der Waals surface area contributed by atoms with Gasteiger partial charge in [-0.1, -0.05) is 52.4 Å². The Morgan fingerprint density at radius 2 is 1.62 bits per heavy atom. The van der Waals surface area contributed by atoms with E-state index in [0.29, 0.717) is 0 Å². The molecule has 0 aromatic carbocycles. The third kappa shape index (κ3) is 4.45. The van der Waals surface area contributed by atoms with Gasteiger partial charge in [-0.3, -0.25) is 0 Å². The topological polar surface area (TPSA) is 12.0 Å². The zero-order valence-electron chi connectivity index (χ0n) is 11.6. The molecule has 1 heteroatoms. The zero-order chi connectivity index (χ0) is 11.8. The Balaban J connectivity index is 2.40. The number of hydrogen-bond donors (Lipinski definition) is 1. The third-order valence-electron chi connectivity index (χ3n) is 4.32. The van der Waals surface area contributed by atoms with Gasteiger partial charge in [0.15, 0.2) is 0 Å². The van der Waals surface area contributed by atoms with Gasteiger partial charge in [0.1, 0.15) is 0 Å². The van der Waals surface area contributed by atoms with E-state index >= 15 is 0 Å². The molecule has 0 aliphatic heterocycles. The van der Waals surface area contributed by atoms with Crippen LogP contribution in [-0.2, 0) is 0 Å². The first-order chi connectivity index (χ1) is 7.81. The smallest absolute Gasteiger partial charge is 0.00949 e. The summed E-state index contributed by atoms with van der Waals surface area (Å²) < 4.78 is 0. The summed E-state index contributed by atoms with van der Waals surface area (Å²) in [5, 5.41) is 3.60. The van der Waals surface area contributed by atoms with Crippen molar-refractivity contribution in [3.8, 4) is 0 Å². The second-order valence-corrected chi connectivity index (χ2v) is 5.62. The van der Waals surface area contributed by atoms with Crippen LogP contribution in [0.2, 0.25) is 0 Å². The zero-order valence-corrected chi connectivity index (χ0v) is 11.6. The fourth-order valence-corrected chi connectivity index (χ4v) is 3.44. The van der Waals surface area contributed by atoms with Crippen molar-refractivity contribution in [2.45, 2.75) is 77.7 Å². The summed E-state index contributed by atoms with van der Waals surface area (Å²) in [7, 11) is 2.16. The van der Waals surface area contributed by atoms with Crippen LogP contribution in [0.1, 0.15) is 71.6 Å². The van der Waals surface area contributed by atoms with Crippen molar-refractivity contribution in [3.05, 3.63) is 0 Å². The first-order valence-corrected chi connectivity index (χ1v) is 7.49. The summed E-state index contributed by atoms with van der Waals surface area (Å²) in [6.07, 6.45) is 12.9. The Kier molecular flexibility index (Phi) is 7.11. The fraction of sp³-hybridized carbons (Fsp3) is 1.00. The summed E-state index contributed by atoms with van der Waals surface area (Å²) in [6, 6.07) is 0.781. The minimum absolute atomic E-state index is 0.781. The van der Waals surface area contributed by atoms with E-state index in [9.17, 15) is 0 Å². The van der Waals surface area contributed by atoms with Crippen LogP contribution in [0.5, 0.6) is 0 Å². The maximum atomic E-state index is 3.60. The maximum Gasteiger partial charge on any atom is 0.00949 e. The SMILES string of the molecule is CCCC(CCC)C(CC1CCCC1)NC. The van der Waals surface area contributed by atoms with Gasteiger partial charge < -0.3 is 5.32 Å². The molecule has 0 aromatic rings. The first kappa shape index (κ1) is 14.0. The van der Waals surface area contributed by atoms with E-state index < -0.39 is 0 Å². The predicted octanol–water partition coefficient (Wildman–Crippen LogP) is 4.37. The molecule has 1 unspecified atom stereocenters. The number of nitrogens with one attached hydrogen (secondary N) is 1. The van der Waals surface area contributed by atoms with E-state index in [-0.39, 0.29) is 0 Å². The molecule has 0 bridgehead atoms. The Morgan fingerprint density at radius 3 is 2.06 bits per heavy atom. The Hall–Kier alpha value is -0.0400. The van der Waals surface area contributed by atoms with E-state index in [0.717, 1.165) is 17.9 Å². The van der Waals surface area contributed by atoms with Crippen LogP contribution in [-0.4, -0.2) is 13.1 Å². The van der Waals surface area contributed by atoms with Crippen molar-refractivity contribution in [3.63, 3.8) is 0 Å². The standard InChI is InChI=1S/C15H31N/c1-4-8-14(9-5-2)15(16-3)12-13-10-6-7-11-13/h13-16H,4-12H2,1-3H3. The average Bonchev–Trinajstić information content (AvgIpc) is 2.78. The number of hydrogen-bond acceptors (Lipinski definition) is 1. The van der Waals surface area contributed by atoms with Crippen molar-refractivity contribution in [2.24, 2.45) is 11.8 Å². The van der Waals surface area contributed by atoms with Crippen molar-refractivity contribution < 1.29 is 0 Å². The molecule has 0 heterocycles. The molecule has 0 radical (unpaired) electrons. The quantitative estimate of drug-likeness (QED) is 0.647. The van der Waals surface area contributed by atoms with Crippen molar-refractivity contribution >= 4 is 0 Å². The third-order valence-corrected chi connectivity index (χ3v) is 4.32. The molecule has 0 saturated heterocycles. The van der Waals surface area contributed by atoms with Gasteiger partial charge >= 0.3 is 0 Å². The highest BCUT2D eigenvalue weighted by Gasteiger charge is 2.24. The van der Waals surface area contributed by atoms with Crippen molar-refractivity contribution in [1.82, 2.24) is 5.32 Å². The van der Waals surface area contributed by atoms with Gasteiger partial charge in [-0.05, 0) is 38.1 Å². The molecular weight excluding hydrogens is 194 g/mol. The van der Waals surface area contributed by atoms with E-state index in [1.807, 2.05) is 0 Å². The summed E-state index contributed by atoms with van der Waals surface area (Å²) in [6.45, 7) is 4.65. The van der Waals surface area contributed by atoms with E-state index in [2.05, 4.69) is 26.2 Å². The highest BCUT2D eigenvalue weighted by atomic mass is 14.9. The molecule has 1 fully saturated rings. The fourth-order valence-electron chi connectivity index (χ4n) is 3.44. The number of rotatable bonds is 8. The largest absolute Gasteiger partial charge is 0.317 e. The molecule has 96 valence electrons. The highest BCUT2D eigenvalue weighted by Crippen LogP contribution is 2.31. The molecule has 1 aliphatic carbocycles. The predicted molar refractivity (Wildman–Crippen MR) is 72.7 cm³/mol. The second-order valence-electron chi connectivity index (χ2n) is 5.62. The molecule has 1 aliphatic rings. The van der Waals surface area contributed by atoms with E-state index in [1.54, 1.807) is 0 Å². The lowest BCUT2D eigenvalue weighted by molar-refractivity contribution is 0.274. The van der Waals surface area contributed by atoms with Gasteiger partial charge in [-0.15, -0.1) is 0 Å². The molecular formula is C15H31N. The summed E-state index contributed by atoms with van der Waals surface area (Å²) in [5.74, 6) is 1.94. The van der Waals surface area contributed by atoms with Gasteiger partial charge in [0.2, 0.25) is 0 Å². The van der Waals surface area contributed by atoms with Gasteiger partial charge in [-0.2, -0.15) is 0 Å². The molecule has 1 N–H and O–H groups in total. The summed E-state index contributed by atoms with van der Waals surface area (Å²) >= 11 is 0. The minimum Gasteiger partial charge on any atom is -0.317 e. The summed E-state index contributed by atoms with van der Waals surface area (Å²) in [4.78, 5) is 0. The van der Waals surface area contributed by atoms with Crippen molar-refractivity contribution in [2.75, 3.05) is 7.05 Å². The van der Waals surface area contributed by atoms with Crippen LogP contribution in [0, 0.1) is 11.8 Å². The van der Waals surface area contributed by atoms with Crippen LogP contribution in [0.25, 0.3) is 0 Å². The van der Waals surface area contributed by atoms with Crippen LogP contribution >= 0.6 is 0 Å². The van der Waals surface area contributed by atoms with Crippen LogP contribution in [0.3, 0.4) is 0 Å². The van der Waals surface area contributed by atoms with E-state index in [1.165, 1.54) is 57.8 Å². The summed E-state index contributed by atoms with van der Waals surface area (Å²) in [5.41, 5.74) is 0. The van der Waals surface area contributed by atoms with E-state index in [4.69, 9.17) is 0 Å². The Morgan fingerprint density at radius 1 is 1.06 bits per heavy atom. The molecule has 0 amide bonds. The van der Waals surface area contributed by atoms with Crippen LogP contribution < -0.4 is 5.32 Å². The van der Waals surface area contributed by atoms with Gasteiger partial charge in [-0.25, -0.2) is 0 Å². The molecule has 0 spiro atoms. The molecule has 0 aromatic heterocycles. The van der Waals surface area contributed by atoms with Crippen molar-refractivity contribution in [1.29, 1.82) is 0 Å². The Labute approximate surface area is 102 Å². The molecule has 1 rings (SSSR count).